The molecule has 4 nitrogen and oxygen atoms in total. The van der Waals surface area contributed by atoms with E-state index < -0.39 is 0 Å². The second-order valence-corrected chi connectivity index (χ2v) is 6.08. The summed E-state index contributed by atoms with van der Waals surface area (Å²) in [7, 11) is 0. The van der Waals surface area contributed by atoms with Gasteiger partial charge in [-0.1, -0.05) is 26.8 Å². The van der Waals surface area contributed by atoms with Crippen LogP contribution in [0, 0.1) is 0 Å². The lowest BCUT2D eigenvalue weighted by atomic mass is 10.0. The van der Waals surface area contributed by atoms with Gasteiger partial charge in [0, 0.05) is 17.7 Å². The molecule has 2 heterocycles. The molecule has 2 aliphatic heterocycles. The number of carbonyl (C=O) groups excluding carboxylic acids is 2. The number of nitrogens with zero attached hydrogens (tertiary/aromatic N) is 1. The van der Waals surface area contributed by atoms with Crippen molar-refractivity contribution >= 4 is 11.8 Å². The van der Waals surface area contributed by atoms with Gasteiger partial charge in [0.1, 0.15) is 6.04 Å². The van der Waals surface area contributed by atoms with E-state index in [0.717, 1.165) is 25.7 Å². The van der Waals surface area contributed by atoms with Crippen LogP contribution in [0.2, 0.25) is 0 Å². The van der Waals surface area contributed by atoms with Crippen LogP contribution in [-0.4, -0.2) is 28.3 Å². The highest BCUT2D eigenvalue weighted by molar-refractivity contribution is 6.00. The fraction of sp³-hybridized carbons (Fsp3) is 0.667. The van der Waals surface area contributed by atoms with Crippen LogP contribution in [0.1, 0.15) is 66.2 Å². The van der Waals surface area contributed by atoms with Gasteiger partial charge in [-0.15, -0.1) is 0 Å². The lowest BCUT2D eigenvalue weighted by Gasteiger charge is -2.37. The van der Waals surface area contributed by atoms with Crippen molar-refractivity contribution in [3.8, 4) is 0 Å². The van der Waals surface area contributed by atoms with Gasteiger partial charge in [-0.25, -0.2) is 0 Å². The smallest absolute Gasteiger partial charge is 0.249 e. The largest absolute Gasteiger partial charge is 0.354 e. The third-order valence-corrected chi connectivity index (χ3v) is 4.78. The maximum atomic E-state index is 12.2. The van der Waals surface area contributed by atoms with E-state index in [1.807, 2.05) is 26.8 Å². The van der Waals surface area contributed by atoms with Crippen LogP contribution < -0.4 is 5.32 Å². The van der Waals surface area contributed by atoms with Gasteiger partial charge >= 0.3 is 0 Å². The molecule has 2 amide bonds. The minimum atomic E-state index is -0.176. The average Bonchev–Trinajstić information content (AvgIpc) is 3.22. The number of imide groups is 1. The number of hydrogen-bond donors (Lipinski definition) is 1. The van der Waals surface area contributed by atoms with E-state index in [4.69, 9.17) is 0 Å². The van der Waals surface area contributed by atoms with Crippen molar-refractivity contribution in [2.24, 2.45) is 0 Å². The average molecular weight is 304 g/mol. The Labute approximate surface area is 133 Å². The monoisotopic (exact) mass is 304 g/mol. The quantitative estimate of drug-likeness (QED) is 0.814. The number of allylic oxidation sites excluding steroid dienone is 2. The van der Waals surface area contributed by atoms with E-state index in [9.17, 15) is 9.59 Å². The van der Waals surface area contributed by atoms with Crippen LogP contribution in [0.25, 0.3) is 0 Å². The predicted molar refractivity (Wildman–Crippen MR) is 88.1 cm³/mol. The zero-order valence-electron chi connectivity index (χ0n) is 14.2. The molecule has 1 unspecified atom stereocenters. The molecule has 22 heavy (non-hydrogen) atoms. The number of carbonyl (C=O) groups is 2. The zero-order valence-corrected chi connectivity index (χ0v) is 14.2. The van der Waals surface area contributed by atoms with Crippen LogP contribution in [0.15, 0.2) is 23.4 Å². The van der Waals surface area contributed by atoms with Crippen molar-refractivity contribution in [1.29, 1.82) is 0 Å². The number of amides is 2. The fourth-order valence-electron chi connectivity index (χ4n) is 3.65. The summed E-state index contributed by atoms with van der Waals surface area (Å²) in [5, 5.41) is 2.50. The first kappa shape index (κ1) is 16.8. The fourth-order valence-corrected chi connectivity index (χ4v) is 3.65. The molecular weight excluding hydrogens is 276 g/mol. The molecule has 4 heteroatoms. The van der Waals surface area contributed by atoms with Crippen molar-refractivity contribution in [2.45, 2.75) is 77.8 Å². The Kier molecular flexibility index (Phi) is 5.09. The molecule has 0 aromatic rings. The maximum Gasteiger partial charge on any atom is 0.249 e. The van der Waals surface area contributed by atoms with Crippen LogP contribution in [0.3, 0.4) is 0 Å². The summed E-state index contributed by atoms with van der Waals surface area (Å²) in [5.41, 5.74) is 2.84. The van der Waals surface area contributed by atoms with Crippen LogP contribution in [-0.2, 0) is 9.59 Å². The molecule has 3 rings (SSSR count). The van der Waals surface area contributed by atoms with Gasteiger partial charge in [-0.3, -0.25) is 14.9 Å². The van der Waals surface area contributed by atoms with Crippen molar-refractivity contribution in [1.82, 2.24) is 10.2 Å². The van der Waals surface area contributed by atoms with E-state index in [1.54, 1.807) is 0 Å². The van der Waals surface area contributed by atoms with Crippen LogP contribution >= 0.6 is 0 Å². The maximum absolute atomic E-state index is 12.2. The molecule has 0 radical (unpaired) electrons. The molecule has 0 aromatic carbocycles. The topological polar surface area (TPSA) is 49.4 Å². The Morgan fingerprint density at radius 3 is 2.50 bits per heavy atom. The standard InChI is InChI=1S/C16H22N2O2.C2H6/c1-3-5-12-11(4-2)10-16(8-9-16)18(12)13-6-7-14(19)17-15(13)20;1-2/h3,5,13H,4,6-10H2,1-2H3,(H,17,19,20);1-2H3/b5-3-;. The van der Waals surface area contributed by atoms with E-state index >= 15 is 0 Å². The molecule has 1 atom stereocenters. The summed E-state index contributed by atoms with van der Waals surface area (Å²) in [4.78, 5) is 25.9. The Hall–Kier alpha value is -1.58. The summed E-state index contributed by atoms with van der Waals surface area (Å²) in [5.74, 6) is -0.255. The summed E-state index contributed by atoms with van der Waals surface area (Å²) in [6, 6.07) is -0.176. The molecule has 1 saturated carbocycles. The molecule has 0 aromatic heterocycles. The first-order valence-electron chi connectivity index (χ1n) is 8.59. The first-order valence-corrected chi connectivity index (χ1v) is 8.59. The normalized spacial score (nSPS) is 26.4. The molecule has 1 saturated heterocycles. The van der Waals surface area contributed by atoms with Gasteiger partial charge in [0.2, 0.25) is 11.8 Å². The van der Waals surface area contributed by atoms with Gasteiger partial charge in [0.05, 0.1) is 0 Å². The van der Waals surface area contributed by atoms with Crippen molar-refractivity contribution in [3.63, 3.8) is 0 Å². The predicted octanol–water partition coefficient (Wildman–Crippen LogP) is 3.30. The first-order chi connectivity index (χ1) is 10.6. The number of hydrogen-bond acceptors (Lipinski definition) is 3. The summed E-state index contributed by atoms with van der Waals surface area (Å²) in [6.07, 6.45) is 9.72. The Morgan fingerprint density at radius 2 is 2.00 bits per heavy atom. The van der Waals surface area contributed by atoms with Crippen LogP contribution in [0.5, 0.6) is 0 Å². The number of rotatable bonds is 3. The second kappa shape index (κ2) is 6.67. The molecule has 2 fully saturated rings. The molecule has 1 N–H and O–H groups in total. The Bertz CT molecular complexity index is 515. The highest BCUT2D eigenvalue weighted by Crippen LogP contribution is 2.55. The van der Waals surface area contributed by atoms with Crippen molar-refractivity contribution in [2.75, 3.05) is 0 Å². The van der Waals surface area contributed by atoms with Crippen molar-refractivity contribution < 1.29 is 9.59 Å². The molecule has 3 aliphatic rings. The summed E-state index contributed by atoms with van der Waals surface area (Å²) < 4.78 is 0. The number of nitrogens with one attached hydrogen (secondary N) is 1. The summed E-state index contributed by atoms with van der Waals surface area (Å²) in [6.45, 7) is 8.20. The highest BCUT2D eigenvalue weighted by Gasteiger charge is 2.56. The number of piperidine rings is 1. The van der Waals surface area contributed by atoms with Gasteiger partial charge in [0.25, 0.3) is 0 Å². The minimum Gasteiger partial charge on any atom is -0.354 e. The lowest BCUT2D eigenvalue weighted by Crippen LogP contribution is -2.54. The summed E-state index contributed by atoms with van der Waals surface area (Å²) >= 11 is 0. The highest BCUT2D eigenvalue weighted by atomic mass is 16.2. The van der Waals surface area contributed by atoms with Gasteiger partial charge in [-0.2, -0.15) is 0 Å². The van der Waals surface area contributed by atoms with E-state index in [2.05, 4.69) is 23.2 Å². The lowest BCUT2D eigenvalue weighted by molar-refractivity contribution is -0.137. The van der Waals surface area contributed by atoms with E-state index in [-0.39, 0.29) is 23.4 Å². The minimum absolute atomic E-state index is 0.119. The zero-order chi connectivity index (χ0) is 16.3. The Morgan fingerprint density at radius 1 is 1.32 bits per heavy atom. The van der Waals surface area contributed by atoms with Gasteiger partial charge in [-0.05, 0) is 50.7 Å². The van der Waals surface area contributed by atoms with Gasteiger partial charge < -0.3 is 4.90 Å². The molecular formula is C18H28N2O2. The van der Waals surface area contributed by atoms with Crippen LogP contribution in [0.4, 0.5) is 0 Å². The third kappa shape index (κ3) is 2.83. The second-order valence-electron chi connectivity index (χ2n) is 6.08. The van der Waals surface area contributed by atoms with E-state index in [1.165, 1.54) is 11.3 Å². The molecule has 1 spiro atoms. The van der Waals surface area contributed by atoms with Crippen molar-refractivity contribution in [3.05, 3.63) is 23.4 Å². The molecule has 0 bridgehead atoms. The van der Waals surface area contributed by atoms with E-state index in [0.29, 0.717) is 12.8 Å². The van der Waals surface area contributed by atoms with Gasteiger partial charge in [0.15, 0.2) is 0 Å². The molecule has 1 aliphatic carbocycles. The third-order valence-electron chi connectivity index (χ3n) is 4.78. The molecule has 122 valence electrons. The SMILES string of the molecule is C/C=C\C1=C(CC)CC2(CC2)N1C1CCC(=O)NC1=O.CC. The Balaban J connectivity index is 0.000000847.